The fourth-order valence-corrected chi connectivity index (χ4v) is 7.31. The number of nitrogens with one attached hydrogen (secondary N) is 2. The molecule has 5 aromatic rings. The summed E-state index contributed by atoms with van der Waals surface area (Å²) >= 11 is 14.2. The molecule has 6 rings (SSSR count). The predicted molar refractivity (Wildman–Crippen MR) is 220 cm³/mol. The molecule has 0 saturated carbocycles. The average molecular weight is 832 g/mol. The Kier molecular flexibility index (Phi) is 13.0. The maximum absolute atomic E-state index is 13.3. The van der Waals surface area contributed by atoms with Gasteiger partial charge >= 0.3 is 12.1 Å². The number of carboxylic acids is 1. The van der Waals surface area contributed by atoms with Gasteiger partial charge < -0.3 is 29.5 Å². The fraction of sp³-hybridized carbons (Fsp3) is 0.333. The van der Waals surface area contributed by atoms with Crippen molar-refractivity contribution in [3.8, 4) is 39.4 Å². The van der Waals surface area contributed by atoms with Gasteiger partial charge in [0.2, 0.25) is 11.8 Å². The number of nitrogens with zero attached hydrogens (tertiary/aromatic N) is 4. The van der Waals surface area contributed by atoms with Crippen LogP contribution in [0.4, 0.5) is 4.79 Å². The first-order chi connectivity index (χ1) is 27.7. The molecule has 2 aromatic carbocycles. The molecular weight excluding hydrogens is 787 g/mol. The number of carbonyl (C=O) groups excluding carboxylic acids is 2. The van der Waals surface area contributed by atoms with Crippen LogP contribution >= 0.6 is 23.2 Å². The Bertz CT molecular complexity index is 2420. The number of aromatic nitrogens is 3. The standard InChI is InChI=1S/C42H44Cl2N6O8/c1-42(2,3)58-41(55)49(22-27-13-15-35(51)47-27)21-25-12-14-32(48-38(25)57-5)31-11-7-10-30(37(31)44)29-9-6-8-28(36(29)43)24-16-17-50-34(18-24)46-20-26(39(50)52)19-45-33(23-56-4)40(53)54/h6-12,14,16-18,20,27,33,45H,13,15,19,21-23H2,1-5H3,(H,47,51)(H,53,54)/t27-,33+/m0/s1. The first-order valence-corrected chi connectivity index (χ1v) is 19.3. The number of fused-ring (bicyclic) bond motifs is 1. The Morgan fingerprint density at radius 3 is 2.33 bits per heavy atom. The van der Waals surface area contributed by atoms with E-state index < -0.39 is 23.7 Å². The van der Waals surface area contributed by atoms with Crippen molar-refractivity contribution in [2.24, 2.45) is 0 Å². The molecule has 0 spiro atoms. The summed E-state index contributed by atoms with van der Waals surface area (Å²) in [6.45, 7) is 5.72. The summed E-state index contributed by atoms with van der Waals surface area (Å²) in [5.41, 5.74) is 4.12. The van der Waals surface area contributed by atoms with E-state index in [-0.39, 0.29) is 43.7 Å². The largest absolute Gasteiger partial charge is 0.481 e. The third-order valence-corrected chi connectivity index (χ3v) is 10.3. The Balaban J connectivity index is 1.27. The molecule has 1 aliphatic heterocycles. The lowest BCUT2D eigenvalue weighted by Gasteiger charge is -2.29. The van der Waals surface area contributed by atoms with E-state index in [4.69, 9.17) is 42.4 Å². The summed E-state index contributed by atoms with van der Waals surface area (Å²) in [5.74, 6) is -0.842. The molecule has 3 N–H and O–H groups in total. The average Bonchev–Trinajstić information content (AvgIpc) is 3.60. The van der Waals surface area contributed by atoms with Crippen molar-refractivity contribution in [2.45, 2.75) is 64.4 Å². The molecule has 2 amide bonds. The highest BCUT2D eigenvalue weighted by Crippen LogP contribution is 2.42. The van der Waals surface area contributed by atoms with Crippen LogP contribution in [-0.2, 0) is 32.2 Å². The van der Waals surface area contributed by atoms with Crippen molar-refractivity contribution < 1.29 is 33.7 Å². The van der Waals surface area contributed by atoms with Crippen LogP contribution in [0.25, 0.3) is 39.2 Å². The van der Waals surface area contributed by atoms with Crippen LogP contribution in [0, 0.1) is 0 Å². The summed E-state index contributed by atoms with van der Waals surface area (Å²) in [6, 6.07) is 17.1. The lowest BCUT2D eigenvalue weighted by atomic mass is 9.97. The minimum absolute atomic E-state index is 0.00788. The number of pyridine rings is 2. The number of carboxylic acid groups (broad SMARTS) is 1. The summed E-state index contributed by atoms with van der Waals surface area (Å²) in [5, 5.41) is 16.0. The molecule has 0 bridgehead atoms. The van der Waals surface area contributed by atoms with Gasteiger partial charge in [0.1, 0.15) is 17.3 Å². The van der Waals surface area contributed by atoms with Gasteiger partial charge in [0.25, 0.3) is 5.56 Å². The zero-order valence-corrected chi connectivity index (χ0v) is 34.2. The van der Waals surface area contributed by atoms with Gasteiger partial charge in [-0.15, -0.1) is 0 Å². The topological polar surface area (TPSA) is 174 Å². The zero-order chi connectivity index (χ0) is 41.7. The van der Waals surface area contributed by atoms with E-state index in [0.717, 1.165) is 0 Å². The molecule has 1 aliphatic rings. The third-order valence-electron chi connectivity index (χ3n) is 9.50. The number of hydrogen-bond acceptors (Lipinski definition) is 10. The molecule has 1 saturated heterocycles. The summed E-state index contributed by atoms with van der Waals surface area (Å²) in [4.78, 5) is 60.8. The number of amides is 2. The Hall–Kier alpha value is -5.54. The van der Waals surface area contributed by atoms with Crippen LogP contribution in [-0.4, -0.2) is 87.4 Å². The van der Waals surface area contributed by atoms with Gasteiger partial charge in [-0.05, 0) is 57.0 Å². The zero-order valence-electron chi connectivity index (χ0n) is 32.7. The molecule has 4 heterocycles. The monoisotopic (exact) mass is 830 g/mol. The van der Waals surface area contributed by atoms with Gasteiger partial charge in [0, 0.05) is 72.9 Å². The summed E-state index contributed by atoms with van der Waals surface area (Å²) in [6.07, 6.45) is 3.53. The maximum Gasteiger partial charge on any atom is 0.410 e. The lowest BCUT2D eigenvalue weighted by molar-refractivity contribution is -0.140. The predicted octanol–water partition coefficient (Wildman–Crippen LogP) is 6.61. The number of ether oxygens (including phenoxy) is 3. The van der Waals surface area contributed by atoms with Crippen LogP contribution in [0.2, 0.25) is 10.0 Å². The fourth-order valence-electron chi connectivity index (χ4n) is 6.65. The molecule has 2 atom stereocenters. The lowest BCUT2D eigenvalue weighted by Crippen LogP contribution is -2.43. The number of methoxy groups -OCH3 is 2. The number of hydrogen-bond donors (Lipinski definition) is 3. The van der Waals surface area contributed by atoms with Crippen molar-refractivity contribution in [2.75, 3.05) is 27.4 Å². The van der Waals surface area contributed by atoms with Crippen LogP contribution in [0.5, 0.6) is 5.88 Å². The smallest absolute Gasteiger partial charge is 0.410 e. The minimum Gasteiger partial charge on any atom is -0.481 e. The van der Waals surface area contributed by atoms with E-state index in [1.807, 2.05) is 42.5 Å². The summed E-state index contributed by atoms with van der Waals surface area (Å²) in [7, 11) is 2.91. The Morgan fingerprint density at radius 1 is 1.00 bits per heavy atom. The van der Waals surface area contributed by atoms with Gasteiger partial charge in [-0.3, -0.25) is 24.1 Å². The number of benzene rings is 2. The Labute approximate surface area is 345 Å². The molecule has 0 unspecified atom stereocenters. The highest BCUT2D eigenvalue weighted by molar-refractivity contribution is 6.39. The second kappa shape index (κ2) is 17.9. The summed E-state index contributed by atoms with van der Waals surface area (Å²) < 4.78 is 17.8. The van der Waals surface area contributed by atoms with E-state index in [2.05, 4.69) is 15.6 Å². The van der Waals surface area contributed by atoms with Crippen molar-refractivity contribution in [3.05, 3.63) is 105 Å². The highest BCUT2D eigenvalue weighted by Gasteiger charge is 2.29. The molecule has 0 aliphatic carbocycles. The van der Waals surface area contributed by atoms with Crippen LogP contribution in [0.15, 0.2) is 77.9 Å². The molecular formula is C42H44Cl2N6O8. The second-order valence-corrected chi connectivity index (χ2v) is 15.6. The number of carbonyl (C=O) groups is 3. The third kappa shape index (κ3) is 9.59. The molecule has 58 heavy (non-hydrogen) atoms. The van der Waals surface area contributed by atoms with E-state index in [9.17, 15) is 24.3 Å². The van der Waals surface area contributed by atoms with Gasteiger partial charge in [0.15, 0.2) is 0 Å². The number of rotatable bonds is 14. The molecule has 16 heteroatoms. The first-order valence-electron chi connectivity index (χ1n) is 18.5. The maximum atomic E-state index is 13.3. The van der Waals surface area contributed by atoms with E-state index in [1.165, 1.54) is 24.8 Å². The van der Waals surface area contributed by atoms with Crippen molar-refractivity contribution in [1.82, 2.24) is 29.9 Å². The molecule has 14 nitrogen and oxygen atoms in total. The van der Waals surface area contributed by atoms with Crippen LogP contribution < -0.4 is 20.9 Å². The first kappa shape index (κ1) is 42.1. The van der Waals surface area contributed by atoms with Crippen molar-refractivity contribution in [3.63, 3.8) is 0 Å². The van der Waals surface area contributed by atoms with Crippen molar-refractivity contribution >= 4 is 46.8 Å². The number of halogens is 2. The van der Waals surface area contributed by atoms with Gasteiger partial charge in [-0.2, -0.15) is 0 Å². The highest BCUT2D eigenvalue weighted by atomic mass is 35.5. The second-order valence-electron chi connectivity index (χ2n) is 14.8. The van der Waals surface area contributed by atoms with E-state index in [1.54, 1.807) is 50.1 Å². The molecule has 3 aromatic heterocycles. The van der Waals surface area contributed by atoms with Crippen LogP contribution in [0.3, 0.4) is 0 Å². The SMILES string of the molecule is COC[C@@H](NCc1cnc2cc(-c3cccc(-c4cccc(-c5ccc(CN(C[C@@H]6CCC(=O)N6)C(=O)OC(C)(C)C)c(OC)n5)c4Cl)c3Cl)ccn2c1=O)C(=O)O. The molecule has 304 valence electrons. The molecule has 0 radical (unpaired) electrons. The van der Waals surface area contributed by atoms with Gasteiger partial charge in [-0.25, -0.2) is 14.8 Å². The quantitative estimate of drug-likeness (QED) is 0.110. The van der Waals surface area contributed by atoms with E-state index >= 15 is 0 Å². The Morgan fingerprint density at radius 2 is 1.69 bits per heavy atom. The normalized spacial score (nSPS) is 14.6. The van der Waals surface area contributed by atoms with Crippen molar-refractivity contribution in [1.29, 1.82) is 0 Å². The van der Waals surface area contributed by atoms with Crippen LogP contribution in [0.1, 0.15) is 44.7 Å². The van der Waals surface area contributed by atoms with Gasteiger partial charge in [-0.1, -0.05) is 59.6 Å². The van der Waals surface area contributed by atoms with E-state index in [0.29, 0.717) is 79.1 Å². The number of aliphatic carboxylic acids is 1. The van der Waals surface area contributed by atoms with Gasteiger partial charge in [0.05, 0.1) is 41.6 Å². The molecule has 1 fully saturated rings. The minimum atomic E-state index is -1.09.